The standard InChI is InChI=1S/C13H14BrFN4/c1-7-10(13(16)19(3)8(2)17-7)6-9-4-5-11(14)12(15)18-9/h4-5,16-17H,2,6H2,1,3H3. The molecule has 2 heterocycles. The topological polar surface area (TPSA) is 52.0 Å². The molecule has 1 aromatic heterocycles. The molecule has 0 aliphatic carbocycles. The van der Waals surface area contributed by atoms with Crippen molar-refractivity contribution in [1.82, 2.24) is 15.2 Å². The SMILES string of the molecule is C=C1NC(C)=C(Cc2ccc(Br)c(F)n2)C(=N)N1C. The summed E-state index contributed by atoms with van der Waals surface area (Å²) in [5, 5.41) is 11.2. The van der Waals surface area contributed by atoms with Gasteiger partial charge in [0.15, 0.2) is 0 Å². The van der Waals surface area contributed by atoms with E-state index in [1.807, 2.05) is 6.92 Å². The summed E-state index contributed by atoms with van der Waals surface area (Å²) >= 11 is 3.07. The Balaban J connectivity index is 2.31. The van der Waals surface area contributed by atoms with E-state index in [1.165, 1.54) is 0 Å². The molecular weight excluding hydrogens is 311 g/mol. The summed E-state index contributed by atoms with van der Waals surface area (Å²) in [6, 6.07) is 3.36. The number of pyridine rings is 1. The van der Waals surface area contributed by atoms with Crippen LogP contribution in [-0.4, -0.2) is 22.8 Å². The fourth-order valence-corrected chi connectivity index (χ4v) is 2.06. The molecule has 1 aliphatic heterocycles. The maximum atomic E-state index is 13.4. The number of nitrogens with one attached hydrogen (secondary N) is 2. The second-order valence-electron chi connectivity index (χ2n) is 4.33. The second-order valence-corrected chi connectivity index (χ2v) is 5.19. The van der Waals surface area contributed by atoms with E-state index in [9.17, 15) is 4.39 Å². The quantitative estimate of drug-likeness (QED) is 0.822. The third-order valence-corrected chi connectivity index (χ3v) is 3.62. The molecule has 0 unspecified atom stereocenters. The molecule has 0 atom stereocenters. The summed E-state index contributed by atoms with van der Waals surface area (Å²) in [5.74, 6) is 0.469. The van der Waals surface area contributed by atoms with Crippen LogP contribution in [0.3, 0.4) is 0 Å². The number of hydrogen-bond donors (Lipinski definition) is 2. The first-order valence-electron chi connectivity index (χ1n) is 5.69. The molecule has 0 saturated heterocycles. The second kappa shape index (κ2) is 5.13. The largest absolute Gasteiger partial charge is 0.346 e. The Morgan fingerprint density at radius 2 is 2.21 bits per heavy atom. The predicted octanol–water partition coefficient (Wildman–Crippen LogP) is 2.78. The lowest BCUT2D eigenvalue weighted by molar-refractivity contribution is 0.549. The Morgan fingerprint density at radius 3 is 2.84 bits per heavy atom. The van der Waals surface area contributed by atoms with Gasteiger partial charge in [-0.15, -0.1) is 0 Å². The number of halogens is 2. The van der Waals surface area contributed by atoms with E-state index in [4.69, 9.17) is 5.41 Å². The van der Waals surface area contributed by atoms with Crippen molar-refractivity contribution in [2.75, 3.05) is 7.05 Å². The van der Waals surface area contributed by atoms with E-state index >= 15 is 0 Å². The zero-order valence-corrected chi connectivity index (χ0v) is 12.3. The van der Waals surface area contributed by atoms with Gasteiger partial charge < -0.3 is 10.2 Å². The summed E-state index contributed by atoms with van der Waals surface area (Å²) in [5.41, 5.74) is 2.21. The minimum absolute atomic E-state index is 0.337. The van der Waals surface area contributed by atoms with Gasteiger partial charge in [-0.3, -0.25) is 5.41 Å². The molecule has 1 aromatic rings. The minimum atomic E-state index is -0.538. The average Bonchev–Trinajstić information content (AvgIpc) is 2.36. The van der Waals surface area contributed by atoms with Crippen LogP contribution in [0.4, 0.5) is 4.39 Å². The van der Waals surface area contributed by atoms with Gasteiger partial charge >= 0.3 is 0 Å². The van der Waals surface area contributed by atoms with E-state index < -0.39 is 5.95 Å². The maximum Gasteiger partial charge on any atom is 0.227 e. The molecule has 0 fully saturated rings. The van der Waals surface area contributed by atoms with Crippen molar-refractivity contribution >= 4 is 21.8 Å². The van der Waals surface area contributed by atoms with Crippen molar-refractivity contribution in [1.29, 1.82) is 5.41 Å². The molecule has 0 saturated carbocycles. The van der Waals surface area contributed by atoms with Crippen LogP contribution in [0.5, 0.6) is 0 Å². The van der Waals surface area contributed by atoms with Crippen molar-refractivity contribution in [2.45, 2.75) is 13.3 Å². The highest BCUT2D eigenvalue weighted by molar-refractivity contribution is 9.10. The van der Waals surface area contributed by atoms with E-state index in [1.54, 1.807) is 24.1 Å². The van der Waals surface area contributed by atoms with Gasteiger partial charge in [-0.05, 0) is 35.0 Å². The number of rotatable bonds is 2. The highest BCUT2D eigenvalue weighted by atomic mass is 79.9. The van der Waals surface area contributed by atoms with Crippen LogP contribution in [0.15, 0.2) is 40.3 Å². The Kier molecular flexibility index (Phi) is 3.71. The van der Waals surface area contributed by atoms with Gasteiger partial charge in [-0.25, -0.2) is 4.98 Å². The summed E-state index contributed by atoms with van der Waals surface area (Å²) in [6.07, 6.45) is 0.402. The van der Waals surface area contributed by atoms with Crippen LogP contribution in [0.1, 0.15) is 12.6 Å². The minimum Gasteiger partial charge on any atom is -0.346 e. The molecule has 0 radical (unpaired) electrons. The van der Waals surface area contributed by atoms with Crippen molar-refractivity contribution in [2.24, 2.45) is 0 Å². The van der Waals surface area contributed by atoms with Crippen molar-refractivity contribution in [3.8, 4) is 0 Å². The van der Waals surface area contributed by atoms with Crippen LogP contribution in [0, 0.1) is 11.4 Å². The summed E-state index contributed by atoms with van der Waals surface area (Å²) in [4.78, 5) is 5.52. The van der Waals surface area contributed by atoms with Crippen LogP contribution in [-0.2, 0) is 6.42 Å². The van der Waals surface area contributed by atoms with Crippen molar-refractivity contribution in [3.63, 3.8) is 0 Å². The number of nitrogens with zero attached hydrogens (tertiary/aromatic N) is 2. The zero-order chi connectivity index (χ0) is 14.2. The first kappa shape index (κ1) is 13.7. The number of hydrogen-bond acceptors (Lipinski definition) is 3. The van der Waals surface area contributed by atoms with E-state index in [2.05, 4.69) is 32.8 Å². The molecule has 0 aromatic carbocycles. The third kappa shape index (κ3) is 2.68. The van der Waals surface area contributed by atoms with Crippen molar-refractivity contribution < 1.29 is 4.39 Å². The summed E-state index contributed by atoms with van der Waals surface area (Å²) in [6.45, 7) is 5.69. The van der Waals surface area contributed by atoms with Gasteiger partial charge in [0.2, 0.25) is 5.95 Å². The van der Waals surface area contributed by atoms with Gasteiger partial charge in [0.05, 0.1) is 4.47 Å². The van der Waals surface area contributed by atoms with Crippen LogP contribution in [0.2, 0.25) is 0 Å². The Morgan fingerprint density at radius 1 is 1.53 bits per heavy atom. The monoisotopic (exact) mass is 324 g/mol. The normalized spacial score (nSPS) is 15.9. The predicted molar refractivity (Wildman–Crippen MR) is 76.1 cm³/mol. The number of aromatic nitrogens is 1. The number of allylic oxidation sites excluding steroid dienone is 1. The lowest BCUT2D eigenvalue weighted by Gasteiger charge is -2.31. The van der Waals surface area contributed by atoms with Gasteiger partial charge in [0, 0.05) is 30.4 Å². The van der Waals surface area contributed by atoms with E-state index in [0.29, 0.717) is 28.2 Å². The molecule has 2 rings (SSSR count). The highest BCUT2D eigenvalue weighted by Gasteiger charge is 2.22. The van der Waals surface area contributed by atoms with Crippen LogP contribution in [0.25, 0.3) is 0 Å². The number of amidine groups is 1. The summed E-state index contributed by atoms with van der Waals surface area (Å²) < 4.78 is 13.7. The number of likely N-dealkylation sites (N-methyl/N-ethyl adjacent to an activating group) is 1. The molecule has 0 spiro atoms. The Labute approximate surface area is 119 Å². The summed E-state index contributed by atoms with van der Waals surface area (Å²) in [7, 11) is 1.76. The van der Waals surface area contributed by atoms with Crippen molar-refractivity contribution in [3.05, 3.63) is 51.9 Å². The molecule has 6 heteroatoms. The van der Waals surface area contributed by atoms with E-state index in [0.717, 1.165) is 11.3 Å². The molecule has 2 N–H and O–H groups in total. The van der Waals surface area contributed by atoms with Gasteiger partial charge in [-0.2, -0.15) is 4.39 Å². The van der Waals surface area contributed by atoms with Gasteiger partial charge in [-0.1, -0.05) is 6.58 Å². The highest BCUT2D eigenvalue weighted by Crippen LogP contribution is 2.21. The lowest BCUT2D eigenvalue weighted by atomic mass is 10.0. The Bertz CT molecular complexity index is 594. The van der Waals surface area contributed by atoms with E-state index in [-0.39, 0.29) is 0 Å². The molecule has 1 aliphatic rings. The molecule has 19 heavy (non-hydrogen) atoms. The van der Waals surface area contributed by atoms with Gasteiger partial charge in [0.1, 0.15) is 11.7 Å². The van der Waals surface area contributed by atoms with Crippen LogP contribution >= 0.6 is 15.9 Å². The average molecular weight is 325 g/mol. The van der Waals surface area contributed by atoms with Gasteiger partial charge in [0.25, 0.3) is 0 Å². The molecular formula is C13H14BrFN4. The third-order valence-electron chi connectivity index (χ3n) is 3.03. The fourth-order valence-electron chi connectivity index (χ4n) is 1.84. The Hall–Kier alpha value is -1.69. The smallest absolute Gasteiger partial charge is 0.227 e. The maximum absolute atomic E-state index is 13.4. The van der Waals surface area contributed by atoms with Crippen LogP contribution < -0.4 is 5.32 Å². The molecule has 100 valence electrons. The molecule has 0 bridgehead atoms. The first-order chi connectivity index (χ1) is 8.90. The first-order valence-corrected chi connectivity index (χ1v) is 6.48. The lowest BCUT2D eigenvalue weighted by Crippen LogP contribution is -2.39. The molecule has 0 amide bonds. The molecule has 4 nitrogen and oxygen atoms in total. The zero-order valence-electron chi connectivity index (χ0n) is 10.7. The fraction of sp³-hybridized carbons (Fsp3) is 0.231.